The average Bonchev–Trinajstić information content (AvgIpc) is 2.90. The van der Waals surface area contributed by atoms with Crippen molar-refractivity contribution in [3.63, 3.8) is 0 Å². The monoisotopic (exact) mass is 283 g/mol. The predicted octanol–water partition coefficient (Wildman–Crippen LogP) is 2.56. The van der Waals surface area contributed by atoms with Gasteiger partial charge in [-0.15, -0.1) is 11.6 Å². The molecule has 1 saturated heterocycles. The zero-order chi connectivity index (χ0) is 13.8. The Kier molecular flexibility index (Phi) is 4.86. The van der Waals surface area contributed by atoms with E-state index in [4.69, 9.17) is 11.6 Å². The van der Waals surface area contributed by atoms with Gasteiger partial charge in [0.2, 0.25) is 0 Å². The molecule has 1 amide bonds. The molecule has 0 aromatic carbocycles. The van der Waals surface area contributed by atoms with E-state index in [0.29, 0.717) is 11.8 Å². The lowest BCUT2D eigenvalue weighted by molar-refractivity contribution is 0.0685. The zero-order valence-electron chi connectivity index (χ0n) is 11.7. The number of likely N-dealkylation sites (tertiary alicyclic amines) is 1. The molecule has 4 nitrogen and oxygen atoms in total. The van der Waals surface area contributed by atoms with Gasteiger partial charge in [0, 0.05) is 25.5 Å². The van der Waals surface area contributed by atoms with E-state index >= 15 is 0 Å². The first-order valence-corrected chi connectivity index (χ1v) is 7.65. The standard InChI is InChI=1S/C14H22ClN3O/c1-3-12-9-13(18(4-2)16-12)14(19)17-7-5-11(10-15)6-8-17/h9,11H,3-8,10H2,1-2H3. The number of aromatic nitrogens is 2. The predicted molar refractivity (Wildman–Crippen MR) is 76.6 cm³/mol. The Morgan fingerprint density at radius 2 is 2.11 bits per heavy atom. The number of carbonyl (C=O) groups excluding carboxylic acids is 1. The third-order valence-corrected chi connectivity index (χ3v) is 4.27. The van der Waals surface area contributed by atoms with Gasteiger partial charge in [-0.3, -0.25) is 9.48 Å². The minimum absolute atomic E-state index is 0.113. The zero-order valence-corrected chi connectivity index (χ0v) is 12.5. The highest BCUT2D eigenvalue weighted by Gasteiger charge is 2.25. The molecule has 106 valence electrons. The van der Waals surface area contributed by atoms with E-state index in [9.17, 15) is 4.79 Å². The van der Waals surface area contributed by atoms with Gasteiger partial charge in [-0.1, -0.05) is 6.92 Å². The summed E-state index contributed by atoms with van der Waals surface area (Å²) in [5.74, 6) is 1.38. The number of rotatable bonds is 4. The molecule has 2 rings (SSSR count). The first kappa shape index (κ1) is 14.4. The fourth-order valence-corrected chi connectivity index (χ4v) is 2.82. The van der Waals surface area contributed by atoms with Crippen molar-refractivity contribution in [2.75, 3.05) is 19.0 Å². The summed E-state index contributed by atoms with van der Waals surface area (Å²) in [5.41, 5.74) is 1.71. The summed E-state index contributed by atoms with van der Waals surface area (Å²) in [7, 11) is 0. The summed E-state index contributed by atoms with van der Waals surface area (Å²) < 4.78 is 1.81. The van der Waals surface area contributed by atoms with Gasteiger partial charge in [-0.05, 0) is 38.2 Å². The van der Waals surface area contributed by atoms with Gasteiger partial charge in [-0.2, -0.15) is 5.10 Å². The summed E-state index contributed by atoms with van der Waals surface area (Å²) in [5, 5.41) is 4.44. The van der Waals surface area contributed by atoms with Crippen LogP contribution in [0.15, 0.2) is 6.07 Å². The number of hydrogen-bond acceptors (Lipinski definition) is 2. The number of halogens is 1. The van der Waals surface area contributed by atoms with Crippen LogP contribution in [0.2, 0.25) is 0 Å². The summed E-state index contributed by atoms with van der Waals surface area (Å²) in [6.45, 7) is 6.43. The van der Waals surface area contributed by atoms with E-state index in [1.165, 1.54) is 0 Å². The van der Waals surface area contributed by atoms with Gasteiger partial charge in [0.25, 0.3) is 5.91 Å². The van der Waals surface area contributed by atoms with Crippen molar-refractivity contribution < 1.29 is 4.79 Å². The smallest absolute Gasteiger partial charge is 0.272 e. The second-order valence-corrected chi connectivity index (χ2v) is 5.39. The van der Waals surface area contributed by atoms with E-state index in [1.54, 1.807) is 0 Å². The maximum absolute atomic E-state index is 12.5. The third kappa shape index (κ3) is 3.11. The molecule has 0 atom stereocenters. The molecule has 0 spiro atoms. The summed E-state index contributed by atoms with van der Waals surface area (Å²) >= 11 is 5.88. The first-order chi connectivity index (χ1) is 9.19. The molecular weight excluding hydrogens is 262 g/mol. The third-order valence-electron chi connectivity index (χ3n) is 3.83. The molecule has 19 heavy (non-hydrogen) atoms. The van der Waals surface area contributed by atoms with E-state index in [1.807, 2.05) is 22.6 Å². The number of aryl methyl sites for hydroxylation is 2. The van der Waals surface area contributed by atoms with E-state index < -0.39 is 0 Å². The van der Waals surface area contributed by atoms with E-state index in [2.05, 4.69) is 12.0 Å². The second-order valence-electron chi connectivity index (χ2n) is 5.08. The molecular formula is C14H22ClN3O. The van der Waals surface area contributed by atoms with Crippen LogP contribution in [0, 0.1) is 5.92 Å². The van der Waals surface area contributed by atoms with Crippen LogP contribution in [0.3, 0.4) is 0 Å². The maximum atomic E-state index is 12.5. The Balaban J connectivity index is 2.09. The fraction of sp³-hybridized carbons (Fsp3) is 0.714. The minimum Gasteiger partial charge on any atom is -0.337 e. The Labute approximate surface area is 119 Å². The maximum Gasteiger partial charge on any atom is 0.272 e. The van der Waals surface area contributed by atoms with Crippen molar-refractivity contribution >= 4 is 17.5 Å². The van der Waals surface area contributed by atoms with Crippen molar-refractivity contribution in [2.45, 2.75) is 39.7 Å². The molecule has 0 saturated carbocycles. The molecule has 1 aromatic rings. The Morgan fingerprint density at radius 1 is 1.42 bits per heavy atom. The molecule has 1 aliphatic rings. The van der Waals surface area contributed by atoms with Crippen LogP contribution in [0.4, 0.5) is 0 Å². The van der Waals surface area contributed by atoms with Gasteiger partial charge in [0.1, 0.15) is 5.69 Å². The second kappa shape index (κ2) is 6.42. The number of carbonyl (C=O) groups is 1. The quantitative estimate of drug-likeness (QED) is 0.797. The number of nitrogens with zero attached hydrogens (tertiary/aromatic N) is 3. The molecule has 1 fully saturated rings. The number of hydrogen-bond donors (Lipinski definition) is 0. The topological polar surface area (TPSA) is 38.1 Å². The molecule has 2 heterocycles. The highest BCUT2D eigenvalue weighted by atomic mass is 35.5. The molecule has 1 aliphatic heterocycles. The highest BCUT2D eigenvalue weighted by molar-refractivity contribution is 6.18. The lowest BCUT2D eigenvalue weighted by Crippen LogP contribution is -2.39. The van der Waals surface area contributed by atoms with Crippen molar-refractivity contribution in [1.29, 1.82) is 0 Å². The highest BCUT2D eigenvalue weighted by Crippen LogP contribution is 2.20. The normalized spacial score (nSPS) is 16.9. The Hall–Kier alpha value is -1.03. The van der Waals surface area contributed by atoms with Crippen LogP contribution in [0.5, 0.6) is 0 Å². The number of amides is 1. The van der Waals surface area contributed by atoms with Gasteiger partial charge in [0.15, 0.2) is 0 Å². The van der Waals surface area contributed by atoms with Gasteiger partial charge in [-0.25, -0.2) is 0 Å². The molecule has 0 aliphatic carbocycles. The van der Waals surface area contributed by atoms with Gasteiger partial charge >= 0.3 is 0 Å². The van der Waals surface area contributed by atoms with Crippen LogP contribution >= 0.6 is 11.6 Å². The lowest BCUT2D eigenvalue weighted by Gasteiger charge is -2.31. The molecule has 0 N–H and O–H groups in total. The first-order valence-electron chi connectivity index (χ1n) is 7.11. The van der Waals surface area contributed by atoms with Crippen molar-refractivity contribution in [1.82, 2.24) is 14.7 Å². The average molecular weight is 284 g/mol. The summed E-state index contributed by atoms with van der Waals surface area (Å²) in [6.07, 6.45) is 2.88. The van der Waals surface area contributed by atoms with Crippen LogP contribution in [0.25, 0.3) is 0 Å². The molecule has 5 heteroatoms. The van der Waals surface area contributed by atoms with E-state index in [0.717, 1.165) is 50.3 Å². The summed E-state index contributed by atoms with van der Waals surface area (Å²) in [4.78, 5) is 14.5. The minimum atomic E-state index is 0.113. The molecule has 1 aromatic heterocycles. The Bertz CT molecular complexity index is 436. The SMILES string of the molecule is CCc1cc(C(=O)N2CCC(CCl)CC2)n(CC)n1. The number of piperidine rings is 1. The van der Waals surface area contributed by atoms with Crippen molar-refractivity contribution in [2.24, 2.45) is 5.92 Å². The fourth-order valence-electron chi connectivity index (χ4n) is 2.51. The largest absolute Gasteiger partial charge is 0.337 e. The summed E-state index contributed by atoms with van der Waals surface area (Å²) in [6, 6.07) is 1.93. The Morgan fingerprint density at radius 3 is 2.63 bits per heavy atom. The van der Waals surface area contributed by atoms with Crippen LogP contribution in [-0.4, -0.2) is 39.6 Å². The van der Waals surface area contributed by atoms with Crippen molar-refractivity contribution in [3.05, 3.63) is 17.5 Å². The molecule has 0 radical (unpaired) electrons. The van der Waals surface area contributed by atoms with Crippen LogP contribution in [-0.2, 0) is 13.0 Å². The van der Waals surface area contributed by atoms with Gasteiger partial charge in [0.05, 0.1) is 5.69 Å². The van der Waals surface area contributed by atoms with Gasteiger partial charge < -0.3 is 4.90 Å². The van der Waals surface area contributed by atoms with Crippen LogP contribution < -0.4 is 0 Å². The molecule has 0 bridgehead atoms. The lowest BCUT2D eigenvalue weighted by atomic mass is 9.99. The van der Waals surface area contributed by atoms with Crippen LogP contribution in [0.1, 0.15) is 42.9 Å². The number of alkyl halides is 1. The van der Waals surface area contributed by atoms with E-state index in [-0.39, 0.29) is 5.91 Å². The van der Waals surface area contributed by atoms with Crippen molar-refractivity contribution in [3.8, 4) is 0 Å². The molecule has 0 unspecified atom stereocenters.